The van der Waals surface area contributed by atoms with Crippen LogP contribution in [0.15, 0.2) is 28.8 Å². The molecule has 110 valence electrons. The molecule has 0 aliphatic carbocycles. The van der Waals surface area contributed by atoms with Crippen LogP contribution >= 0.6 is 0 Å². The summed E-state index contributed by atoms with van der Waals surface area (Å²) in [6.07, 6.45) is 0. The molecule has 1 amide bonds. The number of nitrogen functional groups attached to an aromatic ring is 1. The number of carbonyl (C=O) groups is 2. The predicted molar refractivity (Wildman–Crippen MR) is 73.0 cm³/mol. The van der Waals surface area contributed by atoms with E-state index >= 15 is 0 Å². The van der Waals surface area contributed by atoms with Crippen molar-refractivity contribution in [2.24, 2.45) is 0 Å². The fraction of sp³-hybridized carbons (Fsp3) is 0.154. The quantitative estimate of drug-likeness (QED) is 0.709. The number of carboxylic acids is 1. The molecule has 1 heterocycles. The third-order valence-corrected chi connectivity index (χ3v) is 2.60. The number of ether oxygens (including phenoxy) is 1. The number of carboxylic acid groups (broad SMARTS) is 1. The number of aromatic carboxylic acids is 1. The van der Waals surface area contributed by atoms with Crippen LogP contribution in [0.2, 0.25) is 0 Å². The number of nitrogens with one attached hydrogen (secondary N) is 1. The van der Waals surface area contributed by atoms with Crippen LogP contribution in [-0.2, 0) is 11.3 Å². The summed E-state index contributed by atoms with van der Waals surface area (Å²) in [4.78, 5) is 23.1. The van der Waals surface area contributed by atoms with Crippen molar-refractivity contribution in [3.05, 3.63) is 41.3 Å². The molecule has 21 heavy (non-hydrogen) atoms. The van der Waals surface area contributed by atoms with E-state index in [1.54, 1.807) is 0 Å². The molecule has 8 heteroatoms. The van der Waals surface area contributed by atoms with Gasteiger partial charge in [-0.05, 0) is 18.2 Å². The highest BCUT2D eigenvalue weighted by Crippen LogP contribution is 2.20. The summed E-state index contributed by atoms with van der Waals surface area (Å²) in [5.74, 6) is -1.40. The van der Waals surface area contributed by atoms with Crippen molar-refractivity contribution in [1.29, 1.82) is 0 Å². The van der Waals surface area contributed by atoms with E-state index in [0.717, 1.165) is 0 Å². The Kier molecular flexibility index (Phi) is 4.19. The van der Waals surface area contributed by atoms with Gasteiger partial charge in [0.1, 0.15) is 6.61 Å². The van der Waals surface area contributed by atoms with Crippen LogP contribution < -0.4 is 11.1 Å². The number of amides is 1. The predicted octanol–water partition coefficient (Wildman–Crippen LogP) is 1.35. The molecule has 2 rings (SSSR count). The minimum Gasteiger partial charge on any atom is -0.478 e. The van der Waals surface area contributed by atoms with Crippen LogP contribution in [0.25, 0.3) is 0 Å². The van der Waals surface area contributed by atoms with E-state index in [2.05, 4.69) is 10.5 Å². The van der Waals surface area contributed by atoms with Gasteiger partial charge in [-0.2, -0.15) is 0 Å². The molecule has 0 bridgehead atoms. The van der Waals surface area contributed by atoms with Crippen molar-refractivity contribution in [3.8, 4) is 0 Å². The molecule has 0 radical (unpaired) electrons. The van der Waals surface area contributed by atoms with Crippen LogP contribution in [0.4, 0.5) is 11.4 Å². The van der Waals surface area contributed by atoms with Gasteiger partial charge in [0, 0.05) is 18.9 Å². The van der Waals surface area contributed by atoms with Gasteiger partial charge in [-0.25, -0.2) is 4.79 Å². The third-order valence-electron chi connectivity index (χ3n) is 2.60. The highest BCUT2D eigenvalue weighted by Gasteiger charge is 2.17. The lowest BCUT2D eigenvalue weighted by Crippen LogP contribution is -2.15. The van der Waals surface area contributed by atoms with Gasteiger partial charge in [-0.1, -0.05) is 5.16 Å². The van der Waals surface area contributed by atoms with Gasteiger partial charge in [0.2, 0.25) is 0 Å². The molecular formula is C13H13N3O5. The topological polar surface area (TPSA) is 128 Å². The number of carbonyl (C=O) groups excluding carboxylic acids is 1. The molecule has 4 N–H and O–H groups in total. The molecule has 2 aromatic rings. The second kappa shape index (κ2) is 6.06. The van der Waals surface area contributed by atoms with E-state index in [1.165, 1.54) is 31.4 Å². The first-order valence-electron chi connectivity index (χ1n) is 5.90. The van der Waals surface area contributed by atoms with E-state index in [0.29, 0.717) is 5.76 Å². The summed E-state index contributed by atoms with van der Waals surface area (Å²) in [6.45, 7) is 0.183. The van der Waals surface area contributed by atoms with E-state index in [-0.39, 0.29) is 29.2 Å². The first-order valence-corrected chi connectivity index (χ1v) is 5.90. The Bertz CT molecular complexity index is 680. The maximum absolute atomic E-state index is 12.0. The summed E-state index contributed by atoms with van der Waals surface area (Å²) in [5.41, 5.74) is 5.85. The fourth-order valence-corrected chi connectivity index (χ4v) is 1.66. The normalized spacial score (nSPS) is 10.3. The Morgan fingerprint density at radius 3 is 2.86 bits per heavy atom. The second-order valence-corrected chi connectivity index (χ2v) is 4.18. The van der Waals surface area contributed by atoms with Crippen molar-refractivity contribution in [3.63, 3.8) is 0 Å². The summed E-state index contributed by atoms with van der Waals surface area (Å²) in [7, 11) is 1.48. The first kappa shape index (κ1) is 14.5. The number of methoxy groups -OCH3 is 1. The lowest BCUT2D eigenvalue weighted by molar-refractivity contribution is 0.0698. The molecule has 0 atom stereocenters. The molecule has 0 saturated heterocycles. The maximum Gasteiger partial charge on any atom is 0.337 e. The van der Waals surface area contributed by atoms with Crippen molar-refractivity contribution in [1.82, 2.24) is 5.16 Å². The van der Waals surface area contributed by atoms with E-state index in [1.807, 2.05) is 0 Å². The Labute approximate surface area is 119 Å². The number of nitrogens with zero attached hydrogens (tertiary/aromatic N) is 1. The zero-order valence-corrected chi connectivity index (χ0v) is 11.1. The second-order valence-electron chi connectivity index (χ2n) is 4.18. The Balaban J connectivity index is 2.20. The number of hydrogen-bond acceptors (Lipinski definition) is 6. The highest BCUT2D eigenvalue weighted by molar-refractivity contribution is 6.07. The SMILES string of the molecule is COCc1cc(C(=O)Nc2ccc(N)cc2C(=O)O)no1. The molecule has 1 aromatic heterocycles. The van der Waals surface area contributed by atoms with Crippen molar-refractivity contribution in [2.75, 3.05) is 18.2 Å². The number of benzene rings is 1. The lowest BCUT2D eigenvalue weighted by Gasteiger charge is -2.07. The summed E-state index contributed by atoms with van der Waals surface area (Å²) in [5, 5.41) is 15.1. The summed E-state index contributed by atoms with van der Waals surface area (Å²) in [6, 6.07) is 5.57. The van der Waals surface area contributed by atoms with E-state index in [4.69, 9.17) is 20.1 Å². The monoisotopic (exact) mass is 291 g/mol. The van der Waals surface area contributed by atoms with Crippen molar-refractivity contribution < 1.29 is 24.0 Å². The Morgan fingerprint density at radius 2 is 2.19 bits per heavy atom. The van der Waals surface area contributed by atoms with Gasteiger partial charge in [-0.3, -0.25) is 4.79 Å². The summed E-state index contributed by atoms with van der Waals surface area (Å²) < 4.78 is 9.73. The zero-order chi connectivity index (χ0) is 15.4. The number of hydrogen-bond donors (Lipinski definition) is 3. The van der Waals surface area contributed by atoms with Gasteiger partial charge >= 0.3 is 5.97 Å². The highest BCUT2D eigenvalue weighted by atomic mass is 16.5. The third kappa shape index (κ3) is 3.37. The Morgan fingerprint density at radius 1 is 1.43 bits per heavy atom. The molecule has 0 aliphatic rings. The lowest BCUT2D eigenvalue weighted by atomic mass is 10.1. The number of rotatable bonds is 5. The van der Waals surface area contributed by atoms with Gasteiger partial charge in [0.25, 0.3) is 5.91 Å². The van der Waals surface area contributed by atoms with Crippen LogP contribution in [0.1, 0.15) is 26.6 Å². The molecule has 0 spiro atoms. The van der Waals surface area contributed by atoms with Gasteiger partial charge in [-0.15, -0.1) is 0 Å². The molecule has 0 fully saturated rings. The van der Waals surface area contributed by atoms with E-state index < -0.39 is 11.9 Å². The van der Waals surface area contributed by atoms with Gasteiger partial charge in [0.05, 0.1) is 11.3 Å². The fourth-order valence-electron chi connectivity index (χ4n) is 1.66. The van der Waals surface area contributed by atoms with Gasteiger partial charge < -0.3 is 25.4 Å². The molecule has 0 saturated carbocycles. The minimum atomic E-state index is -1.20. The zero-order valence-electron chi connectivity index (χ0n) is 11.1. The van der Waals surface area contributed by atoms with Crippen molar-refractivity contribution in [2.45, 2.75) is 6.61 Å². The first-order chi connectivity index (χ1) is 10.0. The van der Waals surface area contributed by atoms with Crippen LogP contribution in [0, 0.1) is 0 Å². The standard InChI is InChI=1S/C13H13N3O5/c1-20-6-8-5-11(16-21-8)12(17)15-10-3-2-7(14)4-9(10)13(18)19/h2-5H,6,14H2,1H3,(H,15,17)(H,18,19). The Hall–Kier alpha value is -2.87. The number of aromatic nitrogens is 1. The molecular weight excluding hydrogens is 278 g/mol. The van der Waals surface area contributed by atoms with Crippen molar-refractivity contribution >= 4 is 23.3 Å². The smallest absolute Gasteiger partial charge is 0.337 e. The summed E-state index contributed by atoms with van der Waals surface area (Å²) >= 11 is 0. The number of nitrogens with two attached hydrogens (primary N) is 1. The number of anilines is 2. The van der Waals surface area contributed by atoms with Gasteiger partial charge in [0.15, 0.2) is 11.5 Å². The van der Waals surface area contributed by atoms with E-state index in [9.17, 15) is 9.59 Å². The van der Waals surface area contributed by atoms with Crippen LogP contribution in [0.5, 0.6) is 0 Å². The van der Waals surface area contributed by atoms with Crippen LogP contribution in [0.3, 0.4) is 0 Å². The van der Waals surface area contributed by atoms with Crippen LogP contribution in [-0.4, -0.2) is 29.2 Å². The average molecular weight is 291 g/mol. The molecule has 1 aromatic carbocycles. The molecule has 0 unspecified atom stereocenters. The average Bonchev–Trinajstić information content (AvgIpc) is 2.89. The maximum atomic E-state index is 12.0. The largest absolute Gasteiger partial charge is 0.478 e. The molecule has 0 aliphatic heterocycles. The minimum absolute atomic E-state index is 0.0233. The molecule has 8 nitrogen and oxygen atoms in total.